The molecule has 0 aromatic carbocycles. The summed E-state index contributed by atoms with van der Waals surface area (Å²) in [5.74, 6) is 0.659. The van der Waals surface area contributed by atoms with Crippen molar-refractivity contribution in [2.75, 3.05) is 6.54 Å². The largest absolute Gasteiger partial charge is 0.387 e. The lowest BCUT2D eigenvalue weighted by Crippen LogP contribution is -2.06. The van der Waals surface area contributed by atoms with Crippen LogP contribution in [0.15, 0.2) is 6.07 Å². The van der Waals surface area contributed by atoms with Crippen molar-refractivity contribution in [1.29, 1.82) is 0 Å². The van der Waals surface area contributed by atoms with E-state index in [0.717, 1.165) is 11.4 Å². The molecule has 0 amide bonds. The van der Waals surface area contributed by atoms with Gasteiger partial charge in [0.15, 0.2) is 0 Å². The first kappa shape index (κ1) is 8.72. The lowest BCUT2D eigenvalue weighted by atomic mass is 10.1. The van der Waals surface area contributed by atoms with Gasteiger partial charge in [-0.05, 0) is 31.9 Å². The van der Waals surface area contributed by atoms with Crippen LogP contribution in [0.4, 0.5) is 0 Å². The van der Waals surface area contributed by atoms with Gasteiger partial charge in [0.2, 0.25) is 0 Å². The van der Waals surface area contributed by atoms with E-state index in [9.17, 15) is 5.11 Å². The Morgan fingerprint density at radius 1 is 1.69 bits per heavy atom. The molecule has 4 nitrogen and oxygen atoms in total. The highest BCUT2D eigenvalue weighted by atomic mass is 16.3. The van der Waals surface area contributed by atoms with Gasteiger partial charge in [0.05, 0.1) is 11.8 Å². The first-order valence-corrected chi connectivity index (χ1v) is 4.74. The van der Waals surface area contributed by atoms with E-state index >= 15 is 0 Å². The molecular formula is C9H15N3O. The van der Waals surface area contributed by atoms with Crippen LogP contribution in [-0.2, 0) is 0 Å². The minimum atomic E-state index is -0.506. The summed E-state index contributed by atoms with van der Waals surface area (Å²) in [6.45, 7) is 0.493. The standard InChI is InChI=1S/C9H15N3O/c10-4-3-9(13)8-5-7(11-12-8)6-1-2-6/h5-6,9,13H,1-4,10H2,(H,11,12). The van der Waals surface area contributed by atoms with Crippen molar-refractivity contribution in [3.63, 3.8) is 0 Å². The maximum atomic E-state index is 9.57. The molecular weight excluding hydrogens is 166 g/mol. The number of aliphatic hydroxyl groups excluding tert-OH is 1. The topological polar surface area (TPSA) is 74.9 Å². The van der Waals surface area contributed by atoms with Gasteiger partial charge in [-0.25, -0.2) is 0 Å². The van der Waals surface area contributed by atoms with E-state index in [1.54, 1.807) is 0 Å². The quantitative estimate of drug-likeness (QED) is 0.639. The second-order valence-electron chi connectivity index (χ2n) is 3.62. The van der Waals surface area contributed by atoms with Gasteiger partial charge >= 0.3 is 0 Å². The Balaban J connectivity index is 2.03. The Morgan fingerprint density at radius 2 is 2.46 bits per heavy atom. The number of H-pyrrole nitrogens is 1. The number of hydrogen-bond acceptors (Lipinski definition) is 3. The summed E-state index contributed by atoms with van der Waals surface area (Å²) in [4.78, 5) is 0. The molecule has 1 aromatic heterocycles. The normalized spacial score (nSPS) is 18.9. The van der Waals surface area contributed by atoms with Crippen molar-refractivity contribution in [2.24, 2.45) is 5.73 Å². The number of aliphatic hydroxyl groups is 1. The van der Waals surface area contributed by atoms with Gasteiger partial charge in [-0.3, -0.25) is 5.10 Å². The monoisotopic (exact) mass is 181 g/mol. The third kappa shape index (κ3) is 1.89. The van der Waals surface area contributed by atoms with Crippen LogP contribution in [0.1, 0.15) is 42.7 Å². The second kappa shape index (κ2) is 3.47. The molecule has 0 radical (unpaired) electrons. The van der Waals surface area contributed by atoms with Gasteiger partial charge in [-0.15, -0.1) is 0 Å². The zero-order valence-corrected chi connectivity index (χ0v) is 7.53. The van der Waals surface area contributed by atoms with Gasteiger partial charge in [0.1, 0.15) is 0 Å². The van der Waals surface area contributed by atoms with Crippen molar-refractivity contribution >= 4 is 0 Å². The van der Waals surface area contributed by atoms with Crippen molar-refractivity contribution in [3.05, 3.63) is 17.5 Å². The minimum absolute atomic E-state index is 0.493. The molecule has 1 heterocycles. The molecule has 1 unspecified atom stereocenters. The van der Waals surface area contributed by atoms with Crippen LogP contribution in [0, 0.1) is 0 Å². The second-order valence-corrected chi connectivity index (χ2v) is 3.62. The van der Waals surface area contributed by atoms with E-state index in [1.807, 2.05) is 6.07 Å². The van der Waals surface area contributed by atoms with E-state index < -0.39 is 6.10 Å². The van der Waals surface area contributed by atoms with E-state index in [4.69, 9.17) is 5.73 Å². The molecule has 2 rings (SSSR count). The van der Waals surface area contributed by atoms with Crippen molar-refractivity contribution in [3.8, 4) is 0 Å². The molecule has 72 valence electrons. The molecule has 1 saturated carbocycles. The maximum absolute atomic E-state index is 9.57. The Hall–Kier alpha value is -0.870. The van der Waals surface area contributed by atoms with Crippen LogP contribution >= 0.6 is 0 Å². The fourth-order valence-corrected chi connectivity index (χ4v) is 1.43. The Morgan fingerprint density at radius 3 is 3.08 bits per heavy atom. The first-order valence-electron chi connectivity index (χ1n) is 4.74. The highest BCUT2D eigenvalue weighted by Gasteiger charge is 2.26. The van der Waals surface area contributed by atoms with E-state index in [0.29, 0.717) is 18.9 Å². The van der Waals surface area contributed by atoms with Gasteiger partial charge in [0, 0.05) is 11.6 Å². The molecule has 0 spiro atoms. The summed E-state index contributed by atoms with van der Waals surface area (Å²) in [6.07, 6.45) is 2.56. The predicted molar refractivity (Wildman–Crippen MR) is 49.2 cm³/mol. The number of nitrogens with zero attached hydrogens (tertiary/aromatic N) is 1. The molecule has 1 aliphatic carbocycles. The Labute approximate surface area is 77.1 Å². The molecule has 4 heteroatoms. The van der Waals surface area contributed by atoms with Gasteiger partial charge < -0.3 is 10.8 Å². The highest BCUT2D eigenvalue weighted by Crippen LogP contribution is 2.39. The third-order valence-electron chi connectivity index (χ3n) is 2.42. The van der Waals surface area contributed by atoms with Crippen LogP contribution in [0.3, 0.4) is 0 Å². The fraction of sp³-hybridized carbons (Fsp3) is 0.667. The molecule has 1 fully saturated rings. The molecule has 0 aliphatic heterocycles. The molecule has 0 bridgehead atoms. The number of nitrogens with one attached hydrogen (secondary N) is 1. The zero-order chi connectivity index (χ0) is 9.26. The van der Waals surface area contributed by atoms with Crippen LogP contribution in [-0.4, -0.2) is 21.8 Å². The average molecular weight is 181 g/mol. The first-order chi connectivity index (χ1) is 6.31. The van der Waals surface area contributed by atoms with Crippen LogP contribution in [0.5, 0.6) is 0 Å². The van der Waals surface area contributed by atoms with Crippen molar-refractivity contribution < 1.29 is 5.11 Å². The lowest BCUT2D eigenvalue weighted by molar-refractivity contribution is 0.165. The maximum Gasteiger partial charge on any atom is 0.0990 e. The number of aromatic nitrogens is 2. The van der Waals surface area contributed by atoms with E-state index in [2.05, 4.69) is 10.2 Å². The SMILES string of the molecule is NCCC(O)c1cc(C2CC2)[nH]n1. The molecule has 13 heavy (non-hydrogen) atoms. The van der Waals surface area contributed by atoms with Crippen LogP contribution in [0.25, 0.3) is 0 Å². The van der Waals surface area contributed by atoms with Gasteiger partial charge in [-0.1, -0.05) is 0 Å². The zero-order valence-electron chi connectivity index (χ0n) is 7.53. The third-order valence-corrected chi connectivity index (χ3v) is 2.42. The summed E-state index contributed by atoms with van der Waals surface area (Å²) >= 11 is 0. The summed E-state index contributed by atoms with van der Waals surface area (Å²) in [7, 11) is 0. The number of nitrogens with two attached hydrogens (primary N) is 1. The Bertz CT molecular complexity index is 280. The van der Waals surface area contributed by atoms with Crippen molar-refractivity contribution in [2.45, 2.75) is 31.3 Å². The van der Waals surface area contributed by atoms with Crippen molar-refractivity contribution in [1.82, 2.24) is 10.2 Å². The summed E-state index contributed by atoms with van der Waals surface area (Å²) < 4.78 is 0. The van der Waals surface area contributed by atoms with E-state index in [1.165, 1.54) is 12.8 Å². The highest BCUT2D eigenvalue weighted by molar-refractivity contribution is 5.18. The minimum Gasteiger partial charge on any atom is -0.387 e. The number of hydrogen-bond donors (Lipinski definition) is 3. The number of rotatable bonds is 4. The van der Waals surface area contributed by atoms with Crippen LogP contribution < -0.4 is 5.73 Å². The smallest absolute Gasteiger partial charge is 0.0990 e. The molecule has 1 aromatic rings. The number of aromatic amines is 1. The predicted octanol–water partition coefficient (Wildman–Crippen LogP) is 0.669. The molecule has 4 N–H and O–H groups in total. The summed E-state index contributed by atoms with van der Waals surface area (Å²) in [5, 5.41) is 16.6. The lowest BCUT2D eigenvalue weighted by Gasteiger charge is -2.03. The van der Waals surface area contributed by atoms with Crippen LogP contribution in [0.2, 0.25) is 0 Å². The average Bonchev–Trinajstić information content (AvgIpc) is 2.84. The molecule has 1 atom stereocenters. The van der Waals surface area contributed by atoms with Gasteiger partial charge in [-0.2, -0.15) is 5.10 Å². The fourth-order valence-electron chi connectivity index (χ4n) is 1.43. The molecule has 1 aliphatic rings. The van der Waals surface area contributed by atoms with Gasteiger partial charge in [0.25, 0.3) is 0 Å². The summed E-state index contributed by atoms with van der Waals surface area (Å²) in [5.41, 5.74) is 7.24. The summed E-state index contributed by atoms with van der Waals surface area (Å²) in [6, 6.07) is 1.96. The van der Waals surface area contributed by atoms with E-state index in [-0.39, 0.29) is 0 Å². The Kier molecular flexibility index (Phi) is 2.33. The molecule has 0 saturated heterocycles.